The van der Waals surface area contributed by atoms with E-state index in [1.165, 1.54) is 0 Å². The Hall–Kier alpha value is -3.10. The smallest absolute Gasteiger partial charge is 0.416 e. The first-order chi connectivity index (χ1) is 12.4. The largest absolute Gasteiger partial charge is 0.481 e. The van der Waals surface area contributed by atoms with Crippen molar-refractivity contribution in [2.75, 3.05) is 19.7 Å². The Morgan fingerprint density at radius 1 is 1.08 bits per heavy atom. The van der Waals surface area contributed by atoms with Gasteiger partial charge in [0.05, 0.1) is 17.9 Å². The van der Waals surface area contributed by atoms with Crippen molar-refractivity contribution < 1.29 is 34.1 Å². The maximum Gasteiger partial charge on any atom is 0.416 e. The van der Waals surface area contributed by atoms with Gasteiger partial charge in [0.1, 0.15) is 6.61 Å². The molecule has 0 saturated carbocycles. The van der Waals surface area contributed by atoms with Crippen molar-refractivity contribution in [1.82, 2.24) is 9.80 Å². The van der Waals surface area contributed by atoms with Crippen LogP contribution >= 0.6 is 0 Å². The fourth-order valence-electron chi connectivity index (χ4n) is 3.41. The molecule has 3 amide bonds. The lowest BCUT2D eigenvalue weighted by atomic mass is 9.94. The van der Waals surface area contributed by atoms with E-state index in [0.717, 1.165) is 15.4 Å². The van der Waals surface area contributed by atoms with Crippen LogP contribution in [0.15, 0.2) is 30.3 Å². The second-order valence-corrected chi connectivity index (χ2v) is 6.37. The molecule has 138 valence electrons. The molecule has 26 heavy (non-hydrogen) atoms. The third-order valence-corrected chi connectivity index (χ3v) is 4.74. The van der Waals surface area contributed by atoms with E-state index >= 15 is 0 Å². The SMILES string of the molecule is O=C(O)[C@@H]1CN(C(=O)O)C[C@H]1C(=O)N1C(=O)OCC1Cc1ccccc1. The fourth-order valence-corrected chi connectivity index (χ4v) is 3.41. The number of aliphatic carboxylic acids is 1. The van der Waals surface area contributed by atoms with Crippen LogP contribution in [0.3, 0.4) is 0 Å². The number of carbonyl (C=O) groups excluding carboxylic acids is 2. The van der Waals surface area contributed by atoms with Gasteiger partial charge in [-0.25, -0.2) is 14.5 Å². The van der Waals surface area contributed by atoms with Gasteiger partial charge < -0.3 is 19.8 Å². The summed E-state index contributed by atoms with van der Waals surface area (Å²) in [7, 11) is 0. The molecule has 3 atom stereocenters. The summed E-state index contributed by atoms with van der Waals surface area (Å²) < 4.78 is 4.99. The predicted molar refractivity (Wildman–Crippen MR) is 86.3 cm³/mol. The number of rotatable bonds is 4. The lowest BCUT2D eigenvalue weighted by molar-refractivity contribution is -0.147. The topological polar surface area (TPSA) is 124 Å². The minimum absolute atomic E-state index is 0.0204. The Morgan fingerprint density at radius 2 is 1.73 bits per heavy atom. The van der Waals surface area contributed by atoms with Gasteiger partial charge >= 0.3 is 18.2 Å². The highest BCUT2D eigenvalue weighted by molar-refractivity contribution is 5.97. The van der Waals surface area contributed by atoms with Crippen molar-refractivity contribution in [3.05, 3.63) is 35.9 Å². The molecule has 1 aromatic carbocycles. The molecular formula is C17H18N2O7. The van der Waals surface area contributed by atoms with Crippen molar-refractivity contribution in [1.29, 1.82) is 0 Å². The summed E-state index contributed by atoms with van der Waals surface area (Å²) in [5.41, 5.74) is 0.905. The van der Waals surface area contributed by atoms with E-state index in [4.69, 9.17) is 9.84 Å². The molecule has 9 nitrogen and oxygen atoms in total. The number of ether oxygens (including phenoxy) is 1. The van der Waals surface area contributed by atoms with Gasteiger partial charge in [0.25, 0.3) is 0 Å². The van der Waals surface area contributed by atoms with Crippen LogP contribution in [0.1, 0.15) is 5.56 Å². The molecule has 0 spiro atoms. The van der Waals surface area contributed by atoms with Gasteiger partial charge in [-0.1, -0.05) is 30.3 Å². The lowest BCUT2D eigenvalue weighted by Crippen LogP contribution is -2.46. The number of hydrogen-bond donors (Lipinski definition) is 2. The Morgan fingerprint density at radius 3 is 2.35 bits per heavy atom. The van der Waals surface area contributed by atoms with E-state index in [2.05, 4.69) is 0 Å². The molecule has 0 aliphatic carbocycles. The molecule has 0 radical (unpaired) electrons. The van der Waals surface area contributed by atoms with Crippen LogP contribution in [-0.2, 0) is 20.7 Å². The van der Waals surface area contributed by atoms with Crippen LogP contribution in [0.5, 0.6) is 0 Å². The highest BCUT2D eigenvalue weighted by Crippen LogP contribution is 2.29. The molecule has 1 aromatic rings. The predicted octanol–water partition coefficient (Wildman–Crippen LogP) is 0.887. The first-order valence-corrected chi connectivity index (χ1v) is 8.13. The molecule has 2 saturated heterocycles. The summed E-state index contributed by atoms with van der Waals surface area (Å²) in [5, 5.41) is 18.4. The summed E-state index contributed by atoms with van der Waals surface area (Å²) in [5.74, 6) is -4.28. The highest BCUT2D eigenvalue weighted by atomic mass is 16.6. The number of carboxylic acids is 1. The Kier molecular flexibility index (Phi) is 4.79. The second-order valence-electron chi connectivity index (χ2n) is 6.37. The molecule has 9 heteroatoms. The van der Waals surface area contributed by atoms with E-state index in [-0.39, 0.29) is 19.7 Å². The van der Waals surface area contributed by atoms with Gasteiger partial charge in [0.2, 0.25) is 5.91 Å². The number of likely N-dealkylation sites (tertiary alicyclic amines) is 1. The first kappa shape index (κ1) is 17.7. The van der Waals surface area contributed by atoms with E-state index in [1.54, 1.807) is 0 Å². The van der Waals surface area contributed by atoms with Crippen molar-refractivity contribution in [3.63, 3.8) is 0 Å². The van der Waals surface area contributed by atoms with Gasteiger partial charge in [-0.15, -0.1) is 0 Å². The van der Waals surface area contributed by atoms with Gasteiger partial charge in [0.15, 0.2) is 0 Å². The summed E-state index contributed by atoms with van der Waals surface area (Å²) in [6, 6.07) is 8.67. The van der Waals surface area contributed by atoms with Gasteiger partial charge in [-0.3, -0.25) is 9.59 Å². The number of benzene rings is 1. The molecule has 2 aliphatic rings. The molecule has 2 aliphatic heterocycles. The second kappa shape index (κ2) is 7.03. The van der Waals surface area contributed by atoms with Crippen LogP contribution in [0.2, 0.25) is 0 Å². The Balaban J connectivity index is 1.80. The monoisotopic (exact) mass is 362 g/mol. The van der Waals surface area contributed by atoms with E-state index in [1.807, 2.05) is 30.3 Å². The molecule has 3 rings (SSSR count). The molecule has 2 fully saturated rings. The van der Waals surface area contributed by atoms with Gasteiger partial charge in [-0.2, -0.15) is 0 Å². The van der Waals surface area contributed by atoms with Gasteiger partial charge in [-0.05, 0) is 12.0 Å². The zero-order valence-corrected chi connectivity index (χ0v) is 13.8. The van der Waals surface area contributed by atoms with E-state index in [9.17, 15) is 24.3 Å². The number of amides is 3. The average Bonchev–Trinajstić information content (AvgIpc) is 3.20. The number of nitrogens with zero attached hydrogens (tertiary/aromatic N) is 2. The number of cyclic esters (lactones) is 1. The van der Waals surface area contributed by atoms with Crippen LogP contribution in [-0.4, -0.2) is 69.8 Å². The third-order valence-electron chi connectivity index (χ3n) is 4.74. The zero-order valence-electron chi connectivity index (χ0n) is 13.8. The van der Waals surface area contributed by atoms with Crippen molar-refractivity contribution in [2.24, 2.45) is 11.8 Å². The van der Waals surface area contributed by atoms with Crippen molar-refractivity contribution in [3.8, 4) is 0 Å². The van der Waals surface area contributed by atoms with Crippen molar-refractivity contribution >= 4 is 24.1 Å². The quantitative estimate of drug-likeness (QED) is 0.815. The standard InChI is InChI=1S/C17H18N2O7/c20-14(12-7-18(16(23)24)8-13(12)15(21)22)19-11(9-26-17(19)25)6-10-4-2-1-3-5-10/h1-5,11-13H,6-9H2,(H,21,22)(H,23,24)/t11?,12-,13-/m1/s1. The Bertz CT molecular complexity index is 736. The summed E-state index contributed by atoms with van der Waals surface area (Å²) in [6.45, 7) is -0.521. The minimum Gasteiger partial charge on any atom is -0.481 e. The maximum absolute atomic E-state index is 12.9. The molecule has 1 unspecified atom stereocenters. The van der Waals surface area contributed by atoms with Gasteiger partial charge in [0, 0.05) is 13.1 Å². The number of imide groups is 1. The number of carboxylic acid groups (broad SMARTS) is 2. The molecular weight excluding hydrogens is 344 g/mol. The zero-order chi connectivity index (χ0) is 18.8. The van der Waals surface area contributed by atoms with E-state index < -0.39 is 41.9 Å². The minimum atomic E-state index is -1.30. The van der Waals surface area contributed by atoms with Crippen LogP contribution < -0.4 is 0 Å². The van der Waals surface area contributed by atoms with E-state index in [0.29, 0.717) is 6.42 Å². The average molecular weight is 362 g/mol. The number of carbonyl (C=O) groups is 4. The molecule has 0 aromatic heterocycles. The van der Waals surface area contributed by atoms with Crippen LogP contribution in [0, 0.1) is 11.8 Å². The van der Waals surface area contributed by atoms with Crippen LogP contribution in [0.25, 0.3) is 0 Å². The lowest BCUT2D eigenvalue weighted by Gasteiger charge is -2.24. The van der Waals surface area contributed by atoms with Crippen LogP contribution in [0.4, 0.5) is 9.59 Å². The summed E-state index contributed by atoms with van der Waals surface area (Å²) in [6.07, 6.45) is -1.74. The van der Waals surface area contributed by atoms with Crippen molar-refractivity contribution in [2.45, 2.75) is 12.5 Å². The summed E-state index contributed by atoms with van der Waals surface area (Å²) >= 11 is 0. The number of hydrogen-bond acceptors (Lipinski definition) is 5. The normalized spacial score (nSPS) is 25.2. The fraction of sp³-hybridized carbons (Fsp3) is 0.412. The first-order valence-electron chi connectivity index (χ1n) is 8.13. The maximum atomic E-state index is 12.9. The summed E-state index contributed by atoms with van der Waals surface area (Å²) in [4.78, 5) is 49.4. The molecule has 2 N–H and O–H groups in total. The highest BCUT2D eigenvalue weighted by Gasteiger charge is 2.49. The third kappa shape index (κ3) is 3.32. The molecule has 0 bridgehead atoms. The Labute approximate surface area is 148 Å². The molecule has 2 heterocycles.